The molecule has 0 aromatic carbocycles. The van der Waals surface area contributed by atoms with Gasteiger partial charge in [-0.3, -0.25) is 18.9 Å². The molecule has 53 heavy (non-hydrogen) atoms. The van der Waals surface area contributed by atoms with Crippen molar-refractivity contribution in [3.05, 3.63) is 53.8 Å². The van der Waals surface area contributed by atoms with Crippen molar-refractivity contribution in [2.24, 2.45) is 11.8 Å². The predicted octanol–water partition coefficient (Wildman–Crippen LogP) is 1.77. The van der Waals surface area contributed by atoms with E-state index in [0.29, 0.717) is 24.9 Å². The molecule has 2 aliphatic heterocycles. The van der Waals surface area contributed by atoms with Crippen LogP contribution in [0.15, 0.2) is 46.6 Å². The van der Waals surface area contributed by atoms with E-state index in [-0.39, 0.29) is 73.8 Å². The van der Waals surface area contributed by atoms with Crippen LogP contribution in [-0.4, -0.2) is 133 Å². The third-order valence-electron chi connectivity index (χ3n) is 8.66. The van der Waals surface area contributed by atoms with Gasteiger partial charge in [0.25, 0.3) is 16.0 Å². The van der Waals surface area contributed by atoms with E-state index in [0.717, 1.165) is 11.2 Å². The van der Waals surface area contributed by atoms with Gasteiger partial charge in [0.1, 0.15) is 24.2 Å². The third-order valence-corrected chi connectivity index (χ3v) is 10.8. The van der Waals surface area contributed by atoms with Crippen molar-refractivity contribution in [1.82, 2.24) is 20.1 Å². The Morgan fingerprint density at radius 2 is 1.74 bits per heavy atom. The number of aromatic nitrogens is 1. The maximum absolute atomic E-state index is 14.0. The van der Waals surface area contributed by atoms with Gasteiger partial charge in [0.2, 0.25) is 11.8 Å². The number of hydrogen-bond acceptors (Lipinski definition) is 13. The van der Waals surface area contributed by atoms with Gasteiger partial charge in [-0.25, -0.2) is 18.2 Å². The number of ether oxygens (including phenoxy) is 1. The van der Waals surface area contributed by atoms with Gasteiger partial charge in [-0.2, -0.15) is 8.42 Å². The number of carbonyl (C=O) groups is 4. The van der Waals surface area contributed by atoms with Crippen molar-refractivity contribution < 1.29 is 54.8 Å². The summed E-state index contributed by atoms with van der Waals surface area (Å²) in [6, 6.07) is -1.44. The summed E-state index contributed by atoms with van der Waals surface area (Å²) in [6.07, 6.45) is 7.40. The van der Waals surface area contributed by atoms with Crippen molar-refractivity contribution in [2.75, 3.05) is 44.7 Å². The fraction of sp³-hybridized carbons (Fsp3) is 0.629. The fourth-order valence-electron chi connectivity index (χ4n) is 5.99. The lowest BCUT2D eigenvalue weighted by atomic mass is 9.94. The fourth-order valence-corrected chi connectivity index (χ4v) is 7.92. The predicted molar refractivity (Wildman–Crippen MR) is 197 cm³/mol. The minimum absolute atomic E-state index is 0.0243. The summed E-state index contributed by atoms with van der Waals surface area (Å²) >= 11 is 0. The molecule has 2 amide bonds. The van der Waals surface area contributed by atoms with Crippen LogP contribution in [0.2, 0.25) is 0 Å². The normalized spacial score (nSPS) is 24.3. The van der Waals surface area contributed by atoms with E-state index in [4.69, 9.17) is 13.7 Å². The van der Waals surface area contributed by atoms with E-state index in [1.165, 1.54) is 12.2 Å². The van der Waals surface area contributed by atoms with Gasteiger partial charge in [-0.15, -0.1) is 0 Å². The van der Waals surface area contributed by atoms with Crippen molar-refractivity contribution in [3.63, 3.8) is 0 Å². The number of ketones is 1. The second-order valence-electron chi connectivity index (χ2n) is 13.4. The first-order valence-electron chi connectivity index (χ1n) is 17.5. The molecule has 3 rings (SSSR count). The monoisotopic (exact) mass is 786 g/mol. The average molecular weight is 787 g/mol. The lowest BCUT2D eigenvalue weighted by Gasteiger charge is -2.31. The molecule has 5 unspecified atom stereocenters. The first kappa shape index (κ1) is 45.4. The number of nitrogens with one attached hydrogen (secondary N) is 1. The lowest BCUT2D eigenvalue weighted by Crippen LogP contribution is -2.50. The van der Waals surface area contributed by atoms with Crippen molar-refractivity contribution in [3.8, 4) is 0 Å². The zero-order valence-electron chi connectivity index (χ0n) is 31.4. The molecule has 298 valence electrons. The van der Waals surface area contributed by atoms with Crippen LogP contribution in [0.3, 0.4) is 0 Å². The van der Waals surface area contributed by atoms with Crippen LogP contribution < -0.4 is 5.32 Å². The van der Waals surface area contributed by atoms with Gasteiger partial charge < -0.3 is 29.4 Å². The highest BCUT2D eigenvalue weighted by Gasteiger charge is 2.50. The molecule has 1 aromatic heterocycles. The number of Topliss-reactive ketones (excluding diaryl/α,β-unsaturated/α-hetero) is 1. The Morgan fingerprint density at radius 1 is 1.09 bits per heavy atom. The summed E-state index contributed by atoms with van der Waals surface area (Å²) in [5.41, 5.74) is 0.505. The Hall–Kier alpha value is -3.71. The number of hydrogen-bond donors (Lipinski definition) is 3. The first-order chi connectivity index (χ1) is 24.7. The van der Waals surface area contributed by atoms with Crippen LogP contribution in [-0.2, 0) is 45.5 Å². The number of cyclic esters (lactones) is 1. The zero-order valence-corrected chi connectivity index (χ0v) is 33.1. The first-order valence-corrected chi connectivity index (χ1v) is 21.1. The minimum atomic E-state index is -3.87. The molecule has 3 heterocycles. The Balaban J connectivity index is 0.00000181. The minimum Gasteiger partial charge on any atom is -0.460 e. The SMILES string of the molecule is CCN(CC)CCS(=O)(=O)C1CCN2C(=O)c3coc(n3)CC(=O)CC(O)C=C(C)C=CCNC(=O)C=CC(C)C(C(C)C)OC(=O)C12.CS(=O)(=O)O. The molecule has 16 nitrogen and oxygen atoms in total. The molecule has 2 bridgehead atoms. The summed E-state index contributed by atoms with van der Waals surface area (Å²) < 4.78 is 64.8. The molecule has 3 N–H and O–H groups in total. The van der Waals surface area contributed by atoms with E-state index < -0.39 is 61.2 Å². The summed E-state index contributed by atoms with van der Waals surface area (Å²) in [7, 11) is -7.54. The van der Waals surface area contributed by atoms with Gasteiger partial charge in [0, 0.05) is 32.0 Å². The second-order valence-corrected chi connectivity index (χ2v) is 17.2. The number of amides is 2. The number of aliphatic hydroxyl groups is 1. The van der Waals surface area contributed by atoms with E-state index in [9.17, 15) is 41.1 Å². The van der Waals surface area contributed by atoms with Gasteiger partial charge >= 0.3 is 5.97 Å². The number of fused-ring (bicyclic) bond motifs is 3. The van der Waals surface area contributed by atoms with Crippen LogP contribution in [0.1, 0.15) is 70.8 Å². The molecule has 0 radical (unpaired) electrons. The van der Waals surface area contributed by atoms with E-state index in [1.807, 2.05) is 32.6 Å². The van der Waals surface area contributed by atoms with Crippen LogP contribution in [0.4, 0.5) is 0 Å². The highest BCUT2D eigenvalue weighted by atomic mass is 32.2. The van der Waals surface area contributed by atoms with Crippen LogP contribution in [0, 0.1) is 11.8 Å². The second kappa shape index (κ2) is 20.7. The summed E-state index contributed by atoms with van der Waals surface area (Å²) in [6.45, 7) is 12.9. The number of allylic oxidation sites excluding steroid dienone is 2. The number of nitrogens with zero attached hydrogens (tertiary/aromatic N) is 3. The van der Waals surface area contributed by atoms with Crippen LogP contribution in [0.25, 0.3) is 0 Å². The molecule has 0 spiro atoms. The Kier molecular flexibility index (Phi) is 17.7. The summed E-state index contributed by atoms with van der Waals surface area (Å²) in [5.74, 6) is -3.23. The lowest BCUT2D eigenvalue weighted by molar-refractivity contribution is -0.157. The van der Waals surface area contributed by atoms with Crippen molar-refractivity contribution >= 4 is 43.5 Å². The van der Waals surface area contributed by atoms with Gasteiger partial charge in [0.05, 0.1) is 29.8 Å². The van der Waals surface area contributed by atoms with Gasteiger partial charge in [-0.05, 0) is 38.4 Å². The number of rotatable bonds is 7. The summed E-state index contributed by atoms with van der Waals surface area (Å²) in [5, 5.41) is 11.9. The molecule has 2 aliphatic rings. The van der Waals surface area contributed by atoms with Crippen molar-refractivity contribution in [2.45, 2.75) is 84.3 Å². The van der Waals surface area contributed by atoms with E-state index >= 15 is 0 Å². The highest BCUT2D eigenvalue weighted by molar-refractivity contribution is 7.92. The standard InChI is InChI=1S/C34H50N4O9S.CH4O3S/c1-7-37(8-2)16-17-48(44,45)28-13-15-38-31(28)34(43)47-32(22(3)4)24(6)11-12-29(41)35-14-9-10-23(5)18-25(39)19-26(40)20-30-36-27(21-46-30)33(38)42;1-5(2,3)4/h9-12,18,21-22,24-25,28,31-32,39H,7-8,13-17,19-20H2,1-6H3,(H,35,41);1H3,(H,2,3,4). The van der Waals surface area contributed by atoms with Crippen molar-refractivity contribution in [1.29, 1.82) is 0 Å². The molecular weight excluding hydrogens is 733 g/mol. The highest BCUT2D eigenvalue weighted by Crippen LogP contribution is 2.30. The Labute approximate surface area is 312 Å². The number of esters is 1. The quantitative estimate of drug-likeness (QED) is 0.264. The van der Waals surface area contributed by atoms with Crippen LogP contribution >= 0.6 is 0 Å². The van der Waals surface area contributed by atoms with Gasteiger partial charge in [-0.1, -0.05) is 64.5 Å². The topological polar surface area (TPSA) is 231 Å². The Bertz CT molecular complexity index is 1720. The molecule has 1 saturated heterocycles. The number of sulfone groups is 1. The molecule has 18 heteroatoms. The number of oxazole rings is 1. The van der Waals surface area contributed by atoms with E-state index in [1.54, 1.807) is 32.1 Å². The molecule has 5 atom stereocenters. The molecule has 1 aromatic rings. The maximum Gasteiger partial charge on any atom is 0.330 e. The van der Waals surface area contributed by atoms with Crippen LogP contribution in [0.5, 0.6) is 0 Å². The maximum atomic E-state index is 14.0. The third kappa shape index (κ3) is 15.3. The zero-order chi connectivity index (χ0) is 40.1. The smallest absolute Gasteiger partial charge is 0.330 e. The number of aliphatic hydroxyl groups excluding tert-OH is 1. The van der Waals surface area contributed by atoms with Gasteiger partial charge in [0.15, 0.2) is 15.5 Å². The largest absolute Gasteiger partial charge is 0.460 e. The molecular formula is C35H54N4O12S2. The molecule has 0 aliphatic carbocycles. The summed E-state index contributed by atoms with van der Waals surface area (Å²) in [4.78, 5) is 60.3. The molecule has 0 saturated carbocycles. The number of carbonyl (C=O) groups excluding carboxylic acids is 4. The van der Waals surface area contributed by atoms with E-state index in [2.05, 4.69) is 10.3 Å². The average Bonchev–Trinajstić information content (AvgIpc) is 3.71. The molecule has 1 fully saturated rings. The Morgan fingerprint density at radius 3 is 2.34 bits per heavy atom.